The Bertz CT molecular complexity index is 1480. The molecule has 1 aliphatic heterocycles. The molecule has 186 valence electrons. The number of allylic oxidation sites excluding steroid dienone is 1. The van der Waals surface area contributed by atoms with Crippen molar-refractivity contribution in [2.75, 3.05) is 13.7 Å². The number of carbonyl (C=O) groups is 1. The van der Waals surface area contributed by atoms with Crippen molar-refractivity contribution >= 4 is 23.4 Å². The van der Waals surface area contributed by atoms with Crippen LogP contribution in [0, 0.1) is 0 Å². The van der Waals surface area contributed by atoms with E-state index in [1.807, 2.05) is 54.6 Å². The molecule has 0 spiro atoms. The monoisotopic (exact) mass is 504 g/mol. The van der Waals surface area contributed by atoms with Gasteiger partial charge in [-0.15, -0.1) is 0 Å². The topological polar surface area (TPSA) is 79.1 Å². The molecule has 1 atom stereocenters. The van der Waals surface area contributed by atoms with Gasteiger partial charge in [-0.1, -0.05) is 48.3 Å². The van der Waals surface area contributed by atoms with Gasteiger partial charge in [-0.2, -0.15) is 0 Å². The van der Waals surface area contributed by atoms with E-state index in [0.29, 0.717) is 33.0 Å². The van der Waals surface area contributed by atoms with E-state index < -0.39 is 12.0 Å². The number of rotatable bonds is 8. The highest BCUT2D eigenvalue weighted by Crippen LogP contribution is 2.31. The minimum absolute atomic E-state index is 0.228. The first-order valence-electron chi connectivity index (χ1n) is 11.5. The van der Waals surface area contributed by atoms with Crippen LogP contribution in [0.2, 0.25) is 0 Å². The van der Waals surface area contributed by atoms with Gasteiger partial charge in [0.25, 0.3) is 5.56 Å². The van der Waals surface area contributed by atoms with Crippen molar-refractivity contribution in [3.63, 3.8) is 0 Å². The summed E-state index contributed by atoms with van der Waals surface area (Å²) in [7, 11) is 1.59. The van der Waals surface area contributed by atoms with E-state index in [9.17, 15) is 9.59 Å². The molecule has 8 heteroatoms. The zero-order valence-electron chi connectivity index (χ0n) is 20.7. The van der Waals surface area contributed by atoms with Crippen LogP contribution in [0.3, 0.4) is 0 Å². The van der Waals surface area contributed by atoms with Crippen LogP contribution in [-0.2, 0) is 9.53 Å². The number of benzene rings is 2. The van der Waals surface area contributed by atoms with Gasteiger partial charge in [0.05, 0.1) is 35.1 Å². The largest absolute Gasteiger partial charge is 0.497 e. The molecular weight excluding hydrogens is 476 g/mol. The minimum atomic E-state index is -0.671. The number of methoxy groups -OCH3 is 1. The summed E-state index contributed by atoms with van der Waals surface area (Å²) >= 11 is 1.29. The Kier molecular flexibility index (Phi) is 7.55. The number of hydrogen-bond acceptors (Lipinski definition) is 7. The third-order valence-electron chi connectivity index (χ3n) is 5.56. The Morgan fingerprint density at radius 2 is 1.81 bits per heavy atom. The maximum atomic E-state index is 13.7. The van der Waals surface area contributed by atoms with Crippen LogP contribution in [-0.4, -0.2) is 30.4 Å². The first kappa shape index (κ1) is 25.2. The lowest BCUT2D eigenvalue weighted by molar-refractivity contribution is -0.143. The predicted molar refractivity (Wildman–Crippen MR) is 140 cm³/mol. The fraction of sp³-hybridized carbons (Fsp3) is 0.250. The molecule has 7 nitrogen and oxygen atoms in total. The fourth-order valence-electron chi connectivity index (χ4n) is 3.93. The van der Waals surface area contributed by atoms with Crippen molar-refractivity contribution in [3.05, 3.63) is 103 Å². The molecule has 1 aromatic heterocycles. The van der Waals surface area contributed by atoms with Crippen LogP contribution in [0.25, 0.3) is 6.08 Å². The lowest BCUT2D eigenvalue weighted by Crippen LogP contribution is -2.40. The summed E-state index contributed by atoms with van der Waals surface area (Å²) in [5, 5.41) is 0. The molecule has 3 aromatic rings. The molecule has 0 saturated heterocycles. The molecule has 0 amide bonds. The van der Waals surface area contributed by atoms with Crippen molar-refractivity contribution in [1.29, 1.82) is 0 Å². The summed E-state index contributed by atoms with van der Waals surface area (Å²) in [6.45, 7) is 9.42. The van der Waals surface area contributed by atoms with Gasteiger partial charge in [-0.05, 0) is 62.2 Å². The summed E-state index contributed by atoms with van der Waals surface area (Å²) < 4.78 is 18.4. The SMILES string of the molecule is C=CCOc1ccc(/C=c2/sc3n(c2=O)[C@@H](c2ccc(OC)cc2)C(C(=O)OC(C)C)=C(C)N=3)cc1. The van der Waals surface area contributed by atoms with Gasteiger partial charge in [0.2, 0.25) is 0 Å². The Morgan fingerprint density at radius 1 is 1.14 bits per heavy atom. The summed E-state index contributed by atoms with van der Waals surface area (Å²) in [5.41, 5.74) is 2.25. The second-order valence-electron chi connectivity index (χ2n) is 8.48. The maximum absolute atomic E-state index is 13.7. The highest BCUT2D eigenvalue weighted by Gasteiger charge is 2.33. The molecule has 0 aliphatic carbocycles. The van der Waals surface area contributed by atoms with Crippen LogP contribution in [0.4, 0.5) is 0 Å². The van der Waals surface area contributed by atoms with E-state index in [1.54, 1.807) is 38.5 Å². The van der Waals surface area contributed by atoms with Crippen molar-refractivity contribution < 1.29 is 19.0 Å². The number of nitrogens with zero attached hydrogens (tertiary/aromatic N) is 2. The van der Waals surface area contributed by atoms with Gasteiger partial charge in [0.1, 0.15) is 18.1 Å². The Balaban J connectivity index is 1.84. The van der Waals surface area contributed by atoms with Crippen LogP contribution in [0.15, 0.2) is 82.2 Å². The molecule has 36 heavy (non-hydrogen) atoms. The fourth-order valence-corrected chi connectivity index (χ4v) is 4.98. The number of hydrogen-bond donors (Lipinski definition) is 0. The van der Waals surface area contributed by atoms with Crippen LogP contribution < -0.4 is 24.4 Å². The predicted octanol–water partition coefficient (Wildman–Crippen LogP) is 3.76. The van der Waals surface area contributed by atoms with E-state index in [-0.39, 0.29) is 11.7 Å². The smallest absolute Gasteiger partial charge is 0.338 e. The van der Waals surface area contributed by atoms with Gasteiger partial charge in [-0.25, -0.2) is 9.79 Å². The van der Waals surface area contributed by atoms with Crippen LogP contribution in [0.1, 0.15) is 37.9 Å². The highest BCUT2D eigenvalue weighted by molar-refractivity contribution is 7.07. The zero-order chi connectivity index (χ0) is 25.8. The standard InChI is InChI=1S/C28H28N2O5S/c1-6-15-34-22-11-7-19(8-12-22)16-23-26(31)30-25(20-9-13-21(33-5)14-10-20)24(27(32)35-17(2)3)18(4)29-28(30)36-23/h6-14,16-17,25H,1,15H2,2-5H3/b23-16+/t25-/m0/s1. The van der Waals surface area contributed by atoms with Gasteiger partial charge in [0.15, 0.2) is 4.80 Å². The van der Waals surface area contributed by atoms with E-state index >= 15 is 0 Å². The Labute approximate surface area is 213 Å². The lowest BCUT2D eigenvalue weighted by atomic mass is 9.96. The summed E-state index contributed by atoms with van der Waals surface area (Å²) in [6.07, 6.45) is 3.19. The molecule has 4 rings (SSSR count). The second-order valence-corrected chi connectivity index (χ2v) is 9.49. The Hall–Kier alpha value is -3.91. The summed E-state index contributed by atoms with van der Waals surface area (Å²) in [5.74, 6) is 0.909. The van der Waals surface area contributed by atoms with Gasteiger partial charge in [0, 0.05) is 0 Å². The number of ether oxygens (including phenoxy) is 3. The average molecular weight is 505 g/mol. The lowest BCUT2D eigenvalue weighted by Gasteiger charge is -2.25. The molecular formula is C28H28N2O5S. The molecule has 0 bridgehead atoms. The van der Waals surface area contributed by atoms with E-state index in [4.69, 9.17) is 14.2 Å². The van der Waals surface area contributed by atoms with Gasteiger partial charge >= 0.3 is 5.97 Å². The van der Waals surface area contributed by atoms with Gasteiger partial charge in [-0.3, -0.25) is 9.36 Å². The van der Waals surface area contributed by atoms with Crippen LogP contribution in [0.5, 0.6) is 11.5 Å². The number of carbonyl (C=O) groups excluding carboxylic acids is 1. The van der Waals surface area contributed by atoms with E-state index in [0.717, 1.165) is 16.9 Å². The number of aromatic nitrogens is 1. The zero-order valence-corrected chi connectivity index (χ0v) is 21.5. The van der Waals surface area contributed by atoms with E-state index in [1.165, 1.54) is 11.3 Å². The number of thiazole rings is 1. The molecule has 0 fully saturated rings. The number of esters is 1. The molecule has 1 aliphatic rings. The Morgan fingerprint density at radius 3 is 2.42 bits per heavy atom. The molecule has 0 radical (unpaired) electrons. The summed E-state index contributed by atoms with van der Waals surface area (Å²) in [4.78, 5) is 32.0. The second kappa shape index (κ2) is 10.8. The number of fused-ring (bicyclic) bond motifs is 1. The van der Waals surface area contributed by atoms with Crippen molar-refractivity contribution in [2.45, 2.75) is 32.9 Å². The first-order chi connectivity index (χ1) is 17.3. The minimum Gasteiger partial charge on any atom is -0.497 e. The molecule has 0 N–H and O–H groups in total. The van der Waals surface area contributed by atoms with E-state index in [2.05, 4.69) is 11.6 Å². The van der Waals surface area contributed by atoms with Crippen molar-refractivity contribution in [2.24, 2.45) is 4.99 Å². The third kappa shape index (κ3) is 5.18. The average Bonchev–Trinajstić information content (AvgIpc) is 3.16. The molecule has 0 unspecified atom stereocenters. The van der Waals surface area contributed by atoms with Gasteiger partial charge < -0.3 is 14.2 Å². The quantitative estimate of drug-likeness (QED) is 0.345. The molecule has 2 heterocycles. The first-order valence-corrected chi connectivity index (χ1v) is 12.3. The molecule has 2 aromatic carbocycles. The summed E-state index contributed by atoms with van der Waals surface area (Å²) in [6, 6.07) is 14.1. The highest BCUT2D eigenvalue weighted by atomic mass is 32.1. The van der Waals surface area contributed by atoms with Crippen LogP contribution >= 0.6 is 11.3 Å². The maximum Gasteiger partial charge on any atom is 0.338 e. The molecule has 0 saturated carbocycles. The third-order valence-corrected chi connectivity index (χ3v) is 6.54. The van der Waals surface area contributed by atoms with Crippen molar-refractivity contribution in [1.82, 2.24) is 4.57 Å². The van der Waals surface area contributed by atoms with Crippen molar-refractivity contribution in [3.8, 4) is 11.5 Å². The normalized spacial score (nSPS) is 15.4.